The number of benzene rings is 4. The van der Waals surface area contributed by atoms with Crippen LogP contribution in [0.2, 0.25) is 0 Å². The number of phenolic OH excluding ortho intramolecular Hbond substituents is 1. The second-order valence-electron chi connectivity index (χ2n) is 7.71. The van der Waals surface area contributed by atoms with Crippen LogP contribution in [-0.4, -0.2) is 19.2 Å². The minimum absolute atomic E-state index is 0.347. The van der Waals surface area contributed by atoms with E-state index in [4.69, 9.17) is 0 Å². The van der Waals surface area contributed by atoms with E-state index in [2.05, 4.69) is 59.2 Å². The normalized spacial score (nSPS) is 10.5. The van der Waals surface area contributed by atoms with Crippen molar-refractivity contribution in [1.29, 1.82) is 0 Å². The molecule has 0 spiro atoms. The van der Waals surface area contributed by atoms with Gasteiger partial charge in [0.15, 0.2) is 0 Å². The zero-order valence-electron chi connectivity index (χ0n) is 17.4. The molecule has 0 unspecified atom stereocenters. The van der Waals surface area contributed by atoms with Crippen molar-refractivity contribution < 1.29 is 5.11 Å². The lowest BCUT2D eigenvalue weighted by Crippen LogP contribution is -2.08. The predicted molar refractivity (Wildman–Crippen MR) is 126 cm³/mol. The van der Waals surface area contributed by atoms with E-state index in [-0.39, 0.29) is 0 Å². The summed E-state index contributed by atoms with van der Waals surface area (Å²) in [6.45, 7) is 0. The van der Waals surface area contributed by atoms with E-state index in [0.717, 1.165) is 21.9 Å². The van der Waals surface area contributed by atoms with Crippen LogP contribution in [0.5, 0.6) is 5.75 Å². The monoisotopic (exact) mass is 391 g/mol. The van der Waals surface area contributed by atoms with Gasteiger partial charge < -0.3 is 10.0 Å². The molecule has 0 radical (unpaired) electrons. The molecule has 0 fully saturated rings. The number of hydrogen-bond donors (Lipinski definition) is 1. The lowest BCUT2D eigenvalue weighted by molar-refractivity contribution is 0.476. The highest BCUT2D eigenvalue weighted by molar-refractivity contribution is 5.90. The van der Waals surface area contributed by atoms with Gasteiger partial charge in [-0.2, -0.15) is 0 Å². The summed E-state index contributed by atoms with van der Waals surface area (Å²) in [4.78, 5) is 2.09. The van der Waals surface area contributed by atoms with Crippen LogP contribution >= 0.6 is 0 Å². The first kappa shape index (κ1) is 19.6. The van der Waals surface area contributed by atoms with E-state index in [1.54, 1.807) is 0 Å². The van der Waals surface area contributed by atoms with Gasteiger partial charge in [-0.3, -0.25) is 0 Å². The third-order valence-electron chi connectivity index (χ3n) is 5.29. The summed E-state index contributed by atoms with van der Waals surface area (Å²) in [6.07, 6.45) is 1.41. The summed E-state index contributed by atoms with van der Waals surface area (Å²) in [6, 6.07) is 28.8. The van der Waals surface area contributed by atoms with Gasteiger partial charge in [-0.25, -0.2) is 0 Å². The van der Waals surface area contributed by atoms with Gasteiger partial charge in [0, 0.05) is 43.6 Å². The van der Waals surface area contributed by atoms with Crippen molar-refractivity contribution in [3.05, 3.63) is 107 Å². The number of phenols is 1. The molecule has 0 heterocycles. The first-order valence-corrected chi connectivity index (χ1v) is 10.1. The highest BCUT2D eigenvalue weighted by Gasteiger charge is 2.08. The predicted octanol–water partition coefficient (Wildman–Crippen LogP) is 5.80. The molecule has 2 nitrogen and oxygen atoms in total. The standard InChI is InChI=1S/C28H25NO/c1-29(2)26-17-12-21(13-18-26)9-6-10-23-11-14-24-15-16-25(28(30)27(24)20-23)19-22-7-4-3-5-8-22/h3-5,7-8,11-18,20,30H,9,19H2,1-2H3. The van der Waals surface area contributed by atoms with E-state index in [0.29, 0.717) is 18.6 Å². The molecule has 0 aliphatic carbocycles. The van der Waals surface area contributed by atoms with Crippen LogP contribution in [0, 0.1) is 11.8 Å². The van der Waals surface area contributed by atoms with Crippen LogP contribution < -0.4 is 4.90 Å². The molecule has 0 saturated heterocycles. The van der Waals surface area contributed by atoms with Crippen LogP contribution in [0.15, 0.2) is 84.9 Å². The van der Waals surface area contributed by atoms with Gasteiger partial charge in [-0.05, 0) is 46.3 Å². The molecule has 30 heavy (non-hydrogen) atoms. The van der Waals surface area contributed by atoms with Crippen molar-refractivity contribution in [2.45, 2.75) is 12.8 Å². The van der Waals surface area contributed by atoms with Gasteiger partial charge >= 0.3 is 0 Å². The Bertz CT molecular complexity index is 1210. The molecule has 0 aliphatic rings. The van der Waals surface area contributed by atoms with Crippen molar-refractivity contribution in [3.63, 3.8) is 0 Å². The lowest BCUT2D eigenvalue weighted by Gasteiger charge is -2.11. The summed E-state index contributed by atoms with van der Waals surface area (Å²) >= 11 is 0. The van der Waals surface area contributed by atoms with E-state index >= 15 is 0 Å². The molecular formula is C28H25NO. The number of anilines is 1. The maximum atomic E-state index is 10.9. The highest BCUT2D eigenvalue weighted by atomic mass is 16.3. The molecule has 4 rings (SSSR count). The fourth-order valence-corrected chi connectivity index (χ4v) is 3.55. The Morgan fingerprint density at radius 3 is 2.27 bits per heavy atom. The smallest absolute Gasteiger partial charge is 0.126 e. The average molecular weight is 392 g/mol. The topological polar surface area (TPSA) is 23.5 Å². The van der Waals surface area contributed by atoms with Gasteiger partial charge in [-0.15, -0.1) is 0 Å². The lowest BCUT2D eigenvalue weighted by atomic mass is 9.98. The SMILES string of the molecule is CN(C)c1ccc(CC#Cc2ccc3ccc(Cc4ccccc4)c(O)c3c2)cc1. The van der Waals surface area contributed by atoms with Gasteiger partial charge in [0.05, 0.1) is 0 Å². The summed E-state index contributed by atoms with van der Waals surface area (Å²) in [5, 5.41) is 12.7. The fourth-order valence-electron chi connectivity index (χ4n) is 3.55. The van der Waals surface area contributed by atoms with Crippen molar-refractivity contribution >= 4 is 16.5 Å². The minimum atomic E-state index is 0.347. The van der Waals surface area contributed by atoms with E-state index < -0.39 is 0 Å². The molecule has 4 aromatic rings. The van der Waals surface area contributed by atoms with Crippen molar-refractivity contribution in [2.24, 2.45) is 0 Å². The van der Waals surface area contributed by atoms with E-state index in [1.165, 1.54) is 16.8 Å². The second kappa shape index (κ2) is 8.76. The highest BCUT2D eigenvalue weighted by Crippen LogP contribution is 2.31. The van der Waals surface area contributed by atoms with E-state index in [1.807, 2.05) is 56.6 Å². The van der Waals surface area contributed by atoms with Crippen LogP contribution in [-0.2, 0) is 12.8 Å². The molecule has 0 bridgehead atoms. The number of aromatic hydroxyl groups is 1. The minimum Gasteiger partial charge on any atom is -0.507 e. The first-order chi connectivity index (χ1) is 14.6. The van der Waals surface area contributed by atoms with Crippen LogP contribution in [0.4, 0.5) is 5.69 Å². The first-order valence-electron chi connectivity index (χ1n) is 10.1. The Kier molecular flexibility index (Phi) is 5.72. The second-order valence-corrected chi connectivity index (χ2v) is 7.71. The van der Waals surface area contributed by atoms with Gasteiger partial charge in [0.25, 0.3) is 0 Å². The Balaban J connectivity index is 1.55. The van der Waals surface area contributed by atoms with Crippen LogP contribution in [0.1, 0.15) is 22.3 Å². The number of nitrogens with zero attached hydrogens (tertiary/aromatic N) is 1. The number of hydrogen-bond acceptors (Lipinski definition) is 2. The molecule has 0 saturated carbocycles. The Hall–Kier alpha value is -3.70. The van der Waals surface area contributed by atoms with Gasteiger partial charge in [0.2, 0.25) is 0 Å². The third kappa shape index (κ3) is 4.47. The summed E-state index contributed by atoms with van der Waals surface area (Å²) in [5.41, 5.74) is 5.41. The molecular weight excluding hydrogens is 366 g/mol. The zero-order chi connectivity index (χ0) is 20.9. The Labute approximate surface area is 178 Å². The largest absolute Gasteiger partial charge is 0.507 e. The van der Waals surface area contributed by atoms with Crippen molar-refractivity contribution in [2.75, 3.05) is 19.0 Å². The molecule has 0 atom stereocenters. The van der Waals surface area contributed by atoms with Crippen LogP contribution in [0.3, 0.4) is 0 Å². The fraction of sp³-hybridized carbons (Fsp3) is 0.143. The molecule has 4 aromatic carbocycles. The van der Waals surface area contributed by atoms with Gasteiger partial charge in [-0.1, -0.05) is 72.5 Å². The van der Waals surface area contributed by atoms with Crippen molar-refractivity contribution in [3.8, 4) is 17.6 Å². The summed E-state index contributed by atoms with van der Waals surface area (Å²) < 4.78 is 0. The maximum absolute atomic E-state index is 10.9. The van der Waals surface area contributed by atoms with Crippen molar-refractivity contribution in [1.82, 2.24) is 0 Å². The molecule has 0 amide bonds. The maximum Gasteiger partial charge on any atom is 0.126 e. The number of rotatable bonds is 4. The molecule has 148 valence electrons. The molecule has 0 aliphatic heterocycles. The van der Waals surface area contributed by atoms with E-state index in [9.17, 15) is 5.11 Å². The zero-order valence-corrected chi connectivity index (χ0v) is 17.4. The average Bonchev–Trinajstić information content (AvgIpc) is 2.77. The molecule has 1 N–H and O–H groups in total. The summed E-state index contributed by atoms with van der Waals surface area (Å²) in [5.74, 6) is 6.85. The third-order valence-corrected chi connectivity index (χ3v) is 5.29. The molecule has 0 aromatic heterocycles. The Morgan fingerprint density at radius 2 is 1.53 bits per heavy atom. The molecule has 2 heteroatoms. The van der Waals surface area contributed by atoms with Gasteiger partial charge in [0.1, 0.15) is 5.75 Å². The number of fused-ring (bicyclic) bond motifs is 1. The summed E-state index contributed by atoms with van der Waals surface area (Å²) in [7, 11) is 4.07. The quantitative estimate of drug-likeness (QED) is 0.445. The van der Waals surface area contributed by atoms with Crippen LogP contribution in [0.25, 0.3) is 10.8 Å². The Morgan fingerprint density at radius 1 is 0.800 bits per heavy atom.